The highest BCUT2D eigenvalue weighted by atomic mass is 32.2. The van der Waals surface area contributed by atoms with Gasteiger partial charge in [0.25, 0.3) is 0 Å². The van der Waals surface area contributed by atoms with Gasteiger partial charge in [-0.25, -0.2) is 0 Å². The van der Waals surface area contributed by atoms with Gasteiger partial charge in [-0.2, -0.15) is 11.8 Å². The SMILES string of the molecule is CC#CCCC(CCSC)NN. The van der Waals surface area contributed by atoms with Gasteiger partial charge in [0, 0.05) is 12.5 Å². The molecule has 1 atom stereocenters. The summed E-state index contributed by atoms with van der Waals surface area (Å²) < 4.78 is 0. The van der Waals surface area contributed by atoms with E-state index in [1.54, 1.807) is 0 Å². The first-order valence-corrected chi connectivity index (χ1v) is 5.59. The van der Waals surface area contributed by atoms with Crippen molar-refractivity contribution in [2.75, 3.05) is 12.0 Å². The molecule has 0 aromatic rings. The number of rotatable bonds is 6. The minimum atomic E-state index is 0.429. The summed E-state index contributed by atoms with van der Waals surface area (Å²) in [6.45, 7) is 1.87. The molecule has 12 heavy (non-hydrogen) atoms. The van der Waals surface area contributed by atoms with Crippen LogP contribution in [0.3, 0.4) is 0 Å². The number of nitrogens with one attached hydrogen (secondary N) is 1. The molecule has 0 fully saturated rings. The van der Waals surface area contributed by atoms with E-state index < -0.39 is 0 Å². The molecule has 0 aromatic heterocycles. The average molecular weight is 186 g/mol. The van der Waals surface area contributed by atoms with Crippen molar-refractivity contribution < 1.29 is 0 Å². The zero-order valence-electron chi connectivity index (χ0n) is 7.89. The van der Waals surface area contributed by atoms with E-state index in [2.05, 4.69) is 23.5 Å². The molecule has 3 N–H and O–H groups in total. The monoisotopic (exact) mass is 186 g/mol. The molecule has 0 heterocycles. The fourth-order valence-corrected chi connectivity index (χ4v) is 1.46. The molecule has 0 aliphatic rings. The van der Waals surface area contributed by atoms with E-state index in [1.165, 1.54) is 0 Å². The molecule has 0 aliphatic carbocycles. The van der Waals surface area contributed by atoms with Crippen LogP contribution in [0.4, 0.5) is 0 Å². The van der Waals surface area contributed by atoms with Crippen LogP contribution < -0.4 is 11.3 Å². The maximum atomic E-state index is 5.39. The fourth-order valence-electron chi connectivity index (χ4n) is 0.943. The Bertz CT molecular complexity index is 148. The van der Waals surface area contributed by atoms with Crippen LogP contribution in [0.1, 0.15) is 26.2 Å². The van der Waals surface area contributed by atoms with Crippen molar-refractivity contribution in [2.24, 2.45) is 5.84 Å². The summed E-state index contributed by atoms with van der Waals surface area (Å²) in [5.41, 5.74) is 2.81. The van der Waals surface area contributed by atoms with E-state index in [-0.39, 0.29) is 0 Å². The van der Waals surface area contributed by atoms with Gasteiger partial charge in [0.15, 0.2) is 0 Å². The Kier molecular flexibility index (Phi) is 8.80. The third-order valence-electron chi connectivity index (χ3n) is 1.70. The summed E-state index contributed by atoms with van der Waals surface area (Å²) in [5.74, 6) is 12.5. The summed E-state index contributed by atoms with van der Waals surface area (Å²) in [7, 11) is 0. The maximum Gasteiger partial charge on any atom is 0.0227 e. The second kappa shape index (κ2) is 8.92. The third-order valence-corrected chi connectivity index (χ3v) is 2.34. The quantitative estimate of drug-likeness (QED) is 0.374. The molecule has 2 nitrogen and oxygen atoms in total. The lowest BCUT2D eigenvalue weighted by atomic mass is 10.1. The molecule has 0 saturated carbocycles. The molecular formula is C9H18N2S. The first kappa shape index (κ1) is 11.8. The van der Waals surface area contributed by atoms with Crippen molar-refractivity contribution in [2.45, 2.75) is 32.2 Å². The van der Waals surface area contributed by atoms with Crippen LogP contribution in [0.2, 0.25) is 0 Å². The van der Waals surface area contributed by atoms with Crippen molar-refractivity contribution >= 4 is 11.8 Å². The summed E-state index contributed by atoms with van der Waals surface area (Å²) in [6.07, 6.45) is 5.24. The summed E-state index contributed by atoms with van der Waals surface area (Å²) >= 11 is 1.85. The van der Waals surface area contributed by atoms with E-state index in [1.807, 2.05) is 18.7 Å². The number of hydrazine groups is 1. The maximum absolute atomic E-state index is 5.39. The van der Waals surface area contributed by atoms with Crippen LogP contribution in [0, 0.1) is 11.8 Å². The van der Waals surface area contributed by atoms with E-state index in [9.17, 15) is 0 Å². The topological polar surface area (TPSA) is 38.0 Å². The van der Waals surface area contributed by atoms with Gasteiger partial charge >= 0.3 is 0 Å². The van der Waals surface area contributed by atoms with Crippen molar-refractivity contribution in [1.82, 2.24) is 5.43 Å². The van der Waals surface area contributed by atoms with E-state index >= 15 is 0 Å². The molecule has 0 radical (unpaired) electrons. The molecule has 0 bridgehead atoms. The van der Waals surface area contributed by atoms with Crippen molar-refractivity contribution in [3.8, 4) is 11.8 Å². The lowest BCUT2D eigenvalue weighted by molar-refractivity contribution is 0.490. The second-order valence-electron chi connectivity index (χ2n) is 2.61. The van der Waals surface area contributed by atoms with Gasteiger partial charge in [-0.3, -0.25) is 11.3 Å². The number of hydrogen-bond donors (Lipinski definition) is 2. The van der Waals surface area contributed by atoms with Gasteiger partial charge in [-0.05, 0) is 31.8 Å². The Balaban J connectivity index is 3.43. The fraction of sp³-hybridized carbons (Fsp3) is 0.778. The van der Waals surface area contributed by atoms with E-state index in [0.717, 1.165) is 25.0 Å². The van der Waals surface area contributed by atoms with Gasteiger partial charge in [0.1, 0.15) is 0 Å². The van der Waals surface area contributed by atoms with Crippen LogP contribution in [-0.4, -0.2) is 18.1 Å². The van der Waals surface area contributed by atoms with Crippen molar-refractivity contribution in [3.05, 3.63) is 0 Å². The predicted molar refractivity (Wildman–Crippen MR) is 56.8 cm³/mol. The van der Waals surface area contributed by atoms with Crippen molar-refractivity contribution in [1.29, 1.82) is 0 Å². The van der Waals surface area contributed by atoms with Crippen LogP contribution in [0.5, 0.6) is 0 Å². The van der Waals surface area contributed by atoms with Crippen LogP contribution in [0.25, 0.3) is 0 Å². The van der Waals surface area contributed by atoms with Gasteiger partial charge in [0.05, 0.1) is 0 Å². The predicted octanol–water partition coefficient (Wildman–Crippen LogP) is 1.37. The Morgan fingerprint density at radius 1 is 1.50 bits per heavy atom. The molecule has 1 unspecified atom stereocenters. The zero-order chi connectivity index (χ0) is 9.23. The summed E-state index contributed by atoms with van der Waals surface area (Å²) in [4.78, 5) is 0. The molecular weight excluding hydrogens is 168 g/mol. The minimum Gasteiger partial charge on any atom is -0.271 e. The standard InChI is InChI=1S/C9H18N2S/c1-3-4-5-6-9(11-10)7-8-12-2/h9,11H,5-8,10H2,1-2H3. The Labute approximate surface area is 79.6 Å². The van der Waals surface area contributed by atoms with E-state index in [4.69, 9.17) is 5.84 Å². The average Bonchev–Trinajstić information content (AvgIpc) is 2.11. The van der Waals surface area contributed by atoms with Gasteiger partial charge in [-0.15, -0.1) is 11.8 Å². The van der Waals surface area contributed by atoms with Crippen LogP contribution in [-0.2, 0) is 0 Å². The highest BCUT2D eigenvalue weighted by Crippen LogP contribution is 2.04. The smallest absolute Gasteiger partial charge is 0.0227 e. The molecule has 0 rings (SSSR count). The number of thioether (sulfide) groups is 1. The second-order valence-corrected chi connectivity index (χ2v) is 3.60. The summed E-state index contributed by atoms with van der Waals surface area (Å²) in [5, 5.41) is 0. The molecule has 0 amide bonds. The third kappa shape index (κ3) is 6.53. The van der Waals surface area contributed by atoms with Gasteiger partial charge < -0.3 is 0 Å². The van der Waals surface area contributed by atoms with Gasteiger partial charge in [-0.1, -0.05) is 0 Å². The molecule has 0 saturated heterocycles. The normalized spacial score (nSPS) is 11.9. The van der Waals surface area contributed by atoms with Crippen molar-refractivity contribution in [3.63, 3.8) is 0 Å². The molecule has 70 valence electrons. The molecule has 0 aliphatic heterocycles. The zero-order valence-corrected chi connectivity index (χ0v) is 8.71. The molecule has 0 spiro atoms. The lowest BCUT2D eigenvalue weighted by Gasteiger charge is -2.12. The lowest BCUT2D eigenvalue weighted by Crippen LogP contribution is -2.35. The Morgan fingerprint density at radius 3 is 2.75 bits per heavy atom. The Hall–Kier alpha value is -0.170. The summed E-state index contributed by atoms with van der Waals surface area (Å²) in [6, 6.07) is 0.429. The van der Waals surface area contributed by atoms with Crippen LogP contribution in [0.15, 0.2) is 0 Å². The minimum absolute atomic E-state index is 0.429. The van der Waals surface area contributed by atoms with Crippen LogP contribution >= 0.6 is 11.8 Å². The number of hydrogen-bond acceptors (Lipinski definition) is 3. The number of nitrogens with two attached hydrogens (primary N) is 1. The van der Waals surface area contributed by atoms with E-state index in [0.29, 0.717) is 6.04 Å². The first-order chi connectivity index (χ1) is 5.85. The molecule has 0 aromatic carbocycles. The first-order valence-electron chi connectivity index (χ1n) is 4.19. The molecule has 3 heteroatoms. The highest BCUT2D eigenvalue weighted by Gasteiger charge is 2.03. The van der Waals surface area contributed by atoms with Gasteiger partial charge in [0.2, 0.25) is 0 Å². The largest absolute Gasteiger partial charge is 0.271 e. The highest BCUT2D eigenvalue weighted by molar-refractivity contribution is 7.98. The Morgan fingerprint density at radius 2 is 2.25 bits per heavy atom.